The minimum absolute atomic E-state index is 0.121. The molecular weight excluding hydrogens is 237 g/mol. The van der Waals surface area contributed by atoms with Gasteiger partial charge in [0.1, 0.15) is 6.17 Å². The van der Waals surface area contributed by atoms with Gasteiger partial charge in [0.05, 0.1) is 0 Å². The van der Waals surface area contributed by atoms with E-state index in [0.29, 0.717) is 12.3 Å². The largest absolute Gasteiger partial charge is 0.328 e. The van der Waals surface area contributed by atoms with Gasteiger partial charge in [0, 0.05) is 6.54 Å². The standard InChI is InChI=1S/C17H28FN/c1-12(2)16-13(9-10-14(18)11-19)7-6-8-15(16)17(3,4)5/h6-8,12,14H,9-11,19H2,1-5H3. The molecule has 0 aliphatic rings. The Labute approximate surface area is 117 Å². The van der Waals surface area contributed by atoms with Crippen molar-refractivity contribution in [2.75, 3.05) is 6.54 Å². The second-order valence-corrected chi connectivity index (χ2v) is 6.65. The lowest BCUT2D eigenvalue weighted by molar-refractivity contribution is 0.322. The summed E-state index contributed by atoms with van der Waals surface area (Å²) in [6, 6.07) is 6.43. The van der Waals surface area contributed by atoms with Gasteiger partial charge >= 0.3 is 0 Å². The molecule has 19 heavy (non-hydrogen) atoms. The number of nitrogens with two attached hydrogens (primary N) is 1. The third kappa shape index (κ3) is 4.31. The first kappa shape index (κ1) is 16.2. The fourth-order valence-electron chi connectivity index (χ4n) is 2.60. The lowest BCUT2D eigenvalue weighted by atomic mass is 9.78. The van der Waals surface area contributed by atoms with Gasteiger partial charge in [-0.15, -0.1) is 0 Å². The summed E-state index contributed by atoms with van der Waals surface area (Å²) in [6.45, 7) is 11.2. The van der Waals surface area contributed by atoms with E-state index < -0.39 is 6.17 Å². The first-order valence-corrected chi connectivity index (χ1v) is 7.23. The highest BCUT2D eigenvalue weighted by molar-refractivity contribution is 5.41. The van der Waals surface area contributed by atoms with E-state index >= 15 is 0 Å². The number of halogens is 1. The first-order chi connectivity index (χ1) is 8.77. The zero-order valence-electron chi connectivity index (χ0n) is 13.0. The van der Waals surface area contributed by atoms with Gasteiger partial charge in [-0.1, -0.05) is 52.8 Å². The summed E-state index contributed by atoms with van der Waals surface area (Å²) in [7, 11) is 0. The van der Waals surface area contributed by atoms with Crippen molar-refractivity contribution >= 4 is 0 Å². The fraction of sp³-hybridized carbons (Fsp3) is 0.647. The predicted molar refractivity (Wildman–Crippen MR) is 81.5 cm³/mol. The molecule has 1 aromatic carbocycles. The van der Waals surface area contributed by atoms with Crippen molar-refractivity contribution in [3.63, 3.8) is 0 Å². The van der Waals surface area contributed by atoms with Gasteiger partial charge in [-0.25, -0.2) is 4.39 Å². The molecule has 0 radical (unpaired) electrons. The fourth-order valence-corrected chi connectivity index (χ4v) is 2.60. The SMILES string of the molecule is CC(C)c1c(CCC(F)CN)cccc1C(C)(C)C. The van der Waals surface area contributed by atoms with Crippen LogP contribution in [0.2, 0.25) is 0 Å². The van der Waals surface area contributed by atoms with Crippen LogP contribution < -0.4 is 5.73 Å². The van der Waals surface area contributed by atoms with Crippen LogP contribution in [0.25, 0.3) is 0 Å². The molecule has 2 heteroatoms. The molecule has 1 aromatic rings. The summed E-state index contributed by atoms with van der Waals surface area (Å²) in [4.78, 5) is 0. The lowest BCUT2D eigenvalue weighted by Gasteiger charge is -2.27. The molecule has 0 spiro atoms. The normalized spacial score (nSPS) is 13.9. The molecule has 1 unspecified atom stereocenters. The summed E-state index contributed by atoms with van der Waals surface area (Å²) in [5.41, 5.74) is 9.52. The Morgan fingerprint density at radius 3 is 2.32 bits per heavy atom. The monoisotopic (exact) mass is 265 g/mol. The number of hydrogen-bond acceptors (Lipinski definition) is 1. The van der Waals surface area contributed by atoms with Crippen LogP contribution in [0.1, 0.15) is 63.6 Å². The van der Waals surface area contributed by atoms with Crippen molar-refractivity contribution in [2.24, 2.45) is 5.73 Å². The Kier molecular flexibility index (Phi) is 5.54. The van der Waals surface area contributed by atoms with Crippen molar-refractivity contribution < 1.29 is 4.39 Å². The second-order valence-electron chi connectivity index (χ2n) is 6.65. The van der Waals surface area contributed by atoms with Gasteiger partial charge in [0.2, 0.25) is 0 Å². The molecule has 0 amide bonds. The van der Waals surface area contributed by atoms with Crippen molar-refractivity contribution in [3.8, 4) is 0 Å². The molecule has 1 atom stereocenters. The molecule has 0 bridgehead atoms. The molecule has 0 saturated heterocycles. The molecule has 1 nitrogen and oxygen atoms in total. The number of benzene rings is 1. The van der Waals surface area contributed by atoms with Gasteiger partial charge in [-0.2, -0.15) is 0 Å². The Morgan fingerprint density at radius 1 is 1.21 bits per heavy atom. The zero-order valence-corrected chi connectivity index (χ0v) is 13.0. The molecule has 0 aliphatic heterocycles. The van der Waals surface area contributed by atoms with E-state index in [9.17, 15) is 4.39 Å². The molecule has 0 saturated carbocycles. The number of hydrogen-bond donors (Lipinski definition) is 1. The van der Waals surface area contributed by atoms with Crippen molar-refractivity contribution in [2.45, 2.75) is 65.0 Å². The summed E-state index contributed by atoms with van der Waals surface area (Å²) in [6.07, 6.45) is 0.401. The van der Waals surface area contributed by atoms with Crippen LogP contribution in [-0.4, -0.2) is 12.7 Å². The Balaban J connectivity index is 3.11. The molecule has 1 rings (SSSR count). The predicted octanol–water partition coefficient (Wildman–Crippen LogP) is 4.34. The zero-order chi connectivity index (χ0) is 14.6. The summed E-state index contributed by atoms with van der Waals surface area (Å²) < 4.78 is 13.4. The van der Waals surface area contributed by atoms with Gasteiger partial charge in [0.25, 0.3) is 0 Å². The van der Waals surface area contributed by atoms with Gasteiger partial charge in [-0.05, 0) is 40.9 Å². The highest BCUT2D eigenvalue weighted by Gasteiger charge is 2.21. The first-order valence-electron chi connectivity index (χ1n) is 7.23. The maximum absolute atomic E-state index is 13.4. The molecule has 2 N–H and O–H groups in total. The number of alkyl halides is 1. The number of rotatable bonds is 5. The Morgan fingerprint density at radius 2 is 1.84 bits per heavy atom. The van der Waals surface area contributed by atoms with Crippen LogP contribution in [0.3, 0.4) is 0 Å². The third-order valence-corrected chi connectivity index (χ3v) is 3.56. The van der Waals surface area contributed by atoms with Crippen LogP contribution in [-0.2, 0) is 11.8 Å². The Hall–Kier alpha value is -0.890. The van der Waals surface area contributed by atoms with Crippen molar-refractivity contribution in [3.05, 3.63) is 34.9 Å². The van der Waals surface area contributed by atoms with E-state index in [1.165, 1.54) is 16.7 Å². The van der Waals surface area contributed by atoms with Crippen LogP contribution in [0.4, 0.5) is 4.39 Å². The maximum atomic E-state index is 13.4. The number of aryl methyl sites for hydroxylation is 1. The lowest BCUT2D eigenvalue weighted by Crippen LogP contribution is -2.18. The highest BCUT2D eigenvalue weighted by Crippen LogP contribution is 2.33. The molecular formula is C17H28FN. The highest BCUT2D eigenvalue weighted by atomic mass is 19.1. The second kappa shape index (κ2) is 6.51. The summed E-state index contributed by atoms with van der Waals surface area (Å²) in [5.74, 6) is 0.460. The van der Waals surface area contributed by atoms with Crippen LogP contribution >= 0.6 is 0 Å². The smallest absolute Gasteiger partial charge is 0.113 e. The van der Waals surface area contributed by atoms with Crippen LogP contribution in [0, 0.1) is 0 Å². The van der Waals surface area contributed by atoms with Gasteiger partial charge < -0.3 is 5.73 Å². The third-order valence-electron chi connectivity index (χ3n) is 3.56. The van der Waals surface area contributed by atoms with Gasteiger partial charge in [0.15, 0.2) is 0 Å². The van der Waals surface area contributed by atoms with E-state index in [4.69, 9.17) is 5.73 Å². The van der Waals surface area contributed by atoms with E-state index in [-0.39, 0.29) is 12.0 Å². The molecule has 0 aromatic heterocycles. The minimum atomic E-state index is -0.890. The van der Waals surface area contributed by atoms with Crippen LogP contribution in [0.5, 0.6) is 0 Å². The molecule has 0 fully saturated rings. The van der Waals surface area contributed by atoms with Crippen molar-refractivity contribution in [1.82, 2.24) is 0 Å². The average molecular weight is 265 g/mol. The molecule has 108 valence electrons. The minimum Gasteiger partial charge on any atom is -0.328 e. The van der Waals surface area contributed by atoms with Crippen molar-refractivity contribution in [1.29, 1.82) is 0 Å². The quantitative estimate of drug-likeness (QED) is 0.842. The van der Waals surface area contributed by atoms with Gasteiger partial charge in [-0.3, -0.25) is 0 Å². The summed E-state index contributed by atoms with van der Waals surface area (Å²) in [5, 5.41) is 0. The molecule has 0 aliphatic carbocycles. The summed E-state index contributed by atoms with van der Waals surface area (Å²) >= 11 is 0. The maximum Gasteiger partial charge on any atom is 0.113 e. The van der Waals surface area contributed by atoms with E-state index in [2.05, 4.69) is 52.8 Å². The van der Waals surface area contributed by atoms with E-state index in [0.717, 1.165) is 6.42 Å². The average Bonchev–Trinajstić information content (AvgIpc) is 2.34. The topological polar surface area (TPSA) is 26.0 Å². The van der Waals surface area contributed by atoms with E-state index in [1.807, 2.05) is 0 Å². The van der Waals surface area contributed by atoms with E-state index in [1.54, 1.807) is 0 Å². The van der Waals surface area contributed by atoms with Crippen LogP contribution in [0.15, 0.2) is 18.2 Å². The molecule has 0 heterocycles. The Bertz CT molecular complexity index is 404.